The van der Waals surface area contributed by atoms with Gasteiger partial charge in [0.15, 0.2) is 0 Å². The van der Waals surface area contributed by atoms with E-state index in [1.807, 2.05) is 6.92 Å². The predicted octanol–water partition coefficient (Wildman–Crippen LogP) is 4.26. The first-order valence-electron chi connectivity index (χ1n) is 7.77. The van der Waals surface area contributed by atoms with Crippen LogP contribution in [0.4, 0.5) is 11.4 Å². The monoisotopic (exact) mass is 360 g/mol. The van der Waals surface area contributed by atoms with Crippen molar-refractivity contribution in [2.75, 3.05) is 17.7 Å². The standard InChI is InChI=1S/C19H21ClN2O3/c1-12-9-10-13(11-14(12)20)21-17(23)19(2,3)18(24)22-15-7-5-6-8-16(15)25-4/h5-11H,1-4H3,(H,21,23)(H,22,24). The Kier molecular flexibility index (Phi) is 5.69. The molecule has 0 saturated heterocycles. The van der Waals surface area contributed by atoms with E-state index in [4.69, 9.17) is 16.3 Å². The molecule has 0 saturated carbocycles. The quantitative estimate of drug-likeness (QED) is 0.783. The Bertz CT molecular complexity index is 803. The van der Waals surface area contributed by atoms with Gasteiger partial charge in [0.05, 0.1) is 12.8 Å². The molecule has 0 bridgehead atoms. The number of hydrogen-bond donors (Lipinski definition) is 2. The van der Waals surface area contributed by atoms with Crippen molar-refractivity contribution < 1.29 is 14.3 Å². The fraction of sp³-hybridized carbons (Fsp3) is 0.263. The van der Waals surface area contributed by atoms with Crippen LogP contribution in [0.15, 0.2) is 42.5 Å². The van der Waals surface area contributed by atoms with Gasteiger partial charge in [-0.05, 0) is 50.6 Å². The van der Waals surface area contributed by atoms with Crippen molar-refractivity contribution in [3.63, 3.8) is 0 Å². The van der Waals surface area contributed by atoms with Crippen LogP contribution in [-0.4, -0.2) is 18.9 Å². The summed E-state index contributed by atoms with van der Waals surface area (Å²) < 4.78 is 5.21. The number of hydrogen-bond acceptors (Lipinski definition) is 3. The van der Waals surface area contributed by atoms with Crippen LogP contribution >= 0.6 is 11.6 Å². The summed E-state index contributed by atoms with van der Waals surface area (Å²) in [4.78, 5) is 25.2. The van der Waals surface area contributed by atoms with Gasteiger partial charge in [-0.2, -0.15) is 0 Å². The van der Waals surface area contributed by atoms with Gasteiger partial charge in [-0.25, -0.2) is 0 Å². The van der Waals surface area contributed by atoms with Crippen LogP contribution in [0.5, 0.6) is 5.75 Å². The Hall–Kier alpha value is -2.53. The third-order valence-electron chi connectivity index (χ3n) is 3.92. The number of carbonyl (C=O) groups excluding carboxylic acids is 2. The van der Waals surface area contributed by atoms with Crippen LogP contribution in [-0.2, 0) is 9.59 Å². The third kappa shape index (κ3) is 4.31. The van der Waals surface area contributed by atoms with Gasteiger partial charge in [0.2, 0.25) is 11.8 Å². The lowest BCUT2D eigenvalue weighted by molar-refractivity contribution is -0.135. The SMILES string of the molecule is COc1ccccc1NC(=O)C(C)(C)C(=O)Nc1ccc(C)c(Cl)c1. The molecule has 0 unspecified atom stereocenters. The fourth-order valence-corrected chi connectivity index (χ4v) is 2.27. The van der Waals surface area contributed by atoms with E-state index >= 15 is 0 Å². The first-order valence-corrected chi connectivity index (χ1v) is 8.15. The van der Waals surface area contributed by atoms with Gasteiger partial charge in [-0.15, -0.1) is 0 Å². The molecule has 0 atom stereocenters. The molecular formula is C19H21ClN2O3. The van der Waals surface area contributed by atoms with Gasteiger partial charge in [0, 0.05) is 10.7 Å². The Morgan fingerprint density at radius 2 is 1.68 bits per heavy atom. The minimum absolute atomic E-state index is 0.431. The van der Waals surface area contributed by atoms with E-state index in [2.05, 4.69) is 10.6 Å². The van der Waals surface area contributed by atoms with Crippen LogP contribution in [0.1, 0.15) is 19.4 Å². The number of nitrogens with one attached hydrogen (secondary N) is 2. The molecule has 2 aromatic carbocycles. The molecule has 2 N–H and O–H groups in total. The highest BCUT2D eigenvalue weighted by atomic mass is 35.5. The maximum Gasteiger partial charge on any atom is 0.239 e. The second-order valence-electron chi connectivity index (χ2n) is 6.20. The summed E-state index contributed by atoms with van der Waals surface area (Å²) in [6.07, 6.45) is 0. The Labute approximate surface area is 152 Å². The molecule has 0 heterocycles. The lowest BCUT2D eigenvalue weighted by atomic mass is 9.90. The zero-order valence-corrected chi connectivity index (χ0v) is 15.4. The molecule has 2 amide bonds. The number of carbonyl (C=O) groups is 2. The summed E-state index contributed by atoms with van der Waals surface area (Å²) in [7, 11) is 1.52. The fourth-order valence-electron chi connectivity index (χ4n) is 2.09. The molecule has 0 aliphatic carbocycles. The lowest BCUT2D eigenvalue weighted by Crippen LogP contribution is -2.41. The number of anilines is 2. The van der Waals surface area contributed by atoms with Crippen LogP contribution in [0.2, 0.25) is 5.02 Å². The summed E-state index contributed by atoms with van der Waals surface area (Å²) in [5.41, 5.74) is 0.666. The lowest BCUT2D eigenvalue weighted by Gasteiger charge is -2.23. The van der Waals surface area contributed by atoms with Crippen LogP contribution < -0.4 is 15.4 Å². The Morgan fingerprint density at radius 1 is 1.04 bits per heavy atom. The van der Waals surface area contributed by atoms with Crippen molar-refractivity contribution in [2.45, 2.75) is 20.8 Å². The molecule has 2 aromatic rings. The van der Waals surface area contributed by atoms with Crippen molar-refractivity contribution in [1.29, 1.82) is 0 Å². The number of rotatable bonds is 5. The molecule has 0 aromatic heterocycles. The second-order valence-corrected chi connectivity index (χ2v) is 6.60. The summed E-state index contributed by atoms with van der Waals surface area (Å²) in [6, 6.07) is 12.2. The number of methoxy groups -OCH3 is 1. The number of ether oxygens (including phenoxy) is 1. The van der Waals surface area contributed by atoms with E-state index in [0.717, 1.165) is 5.56 Å². The minimum Gasteiger partial charge on any atom is -0.495 e. The zero-order valence-electron chi connectivity index (χ0n) is 14.6. The van der Waals surface area contributed by atoms with Gasteiger partial charge < -0.3 is 15.4 Å². The Balaban J connectivity index is 2.14. The molecule has 2 rings (SSSR count). The zero-order chi connectivity index (χ0) is 18.6. The van der Waals surface area contributed by atoms with Crippen molar-refractivity contribution in [2.24, 2.45) is 5.41 Å². The number of halogens is 1. The van der Waals surface area contributed by atoms with Crippen LogP contribution in [0, 0.1) is 12.3 Å². The van der Waals surface area contributed by atoms with E-state index in [0.29, 0.717) is 22.1 Å². The molecule has 0 aliphatic rings. The van der Waals surface area contributed by atoms with Gasteiger partial charge in [0.25, 0.3) is 0 Å². The number of amides is 2. The highest BCUT2D eigenvalue weighted by molar-refractivity contribution is 6.31. The summed E-state index contributed by atoms with van der Waals surface area (Å²) >= 11 is 6.07. The van der Waals surface area contributed by atoms with Crippen LogP contribution in [0.3, 0.4) is 0 Å². The van der Waals surface area contributed by atoms with E-state index in [9.17, 15) is 9.59 Å². The molecule has 0 radical (unpaired) electrons. The van der Waals surface area contributed by atoms with Crippen LogP contribution in [0.25, 0.3) is 0 Å². The summed E-state index contributed by atoms with van der Waals surface area (Å²) in [6.45, 7) is 4.99. The molecule has 25 heavy (non-hydrogen) atoms. The molecule has 5 nitrogen and oxygen atoms in total. The second kappa shape index (κ2) is 7.57. The molecule has 0 fully saturated rings. The number of benzene rings is 2. The topological polar surface area (TPSA) is 67.4 Å². The maximum atomic E-state index is 12.6. The minimum atomic E-state index is -1.29. The highest BCUT2D eigenvalue weighted by Gasteiger charge is 2.36. The Morgan fingerprint density at radius 3 is 2.32 bits per heavy atom. The molecule has 132 valence electrons. The van der Waals surface area contributed by atoms with Crippen molar-refractivity contribution >= 4 is 34.8 Å². The molecule has 0 aliphatic heterocycles. The van der Waals surface area contributed by atoms with Gasteiger partial charge in [-0.3, -0.25) is 9.59 Å². The van der Waals surface area contributed by atoms with E-state index in [1.54, 1.807) is 56.3 Å². The van der Waals surface area contributed by atoms with Gasteiger partial charge in [0.1, 0.15) is 11.2 Å². The highest BCUT2D eigenvalue weighted by Crippen LogP contribution is 2.27. The predicted molar refractivity (Wildman–Crippen MR) is 100 cm³/mol. The average molecular weight is 361 g/mol. The maximum absolute atomic E-state index is 12.6. The van der Waals surface area contributed by atoms with Gasteiger partial charge >= 0.3 is 0 Å². The smallest absolute Gasteiger partial charge is 0.239 e. The summed E-state index contributed by atoms with van der Waals surface area (Å²) in [5, 5.41) is 6.02. The van der Waals surface area contributed by atoms with E-state index < -0.39 is 17.2 Å². The van der Waals surface area contributed by atoms with Gasteiger partial charge in [-0.1, -0.05) is 29.8 Å². The third-order valence-corrected chi connectivity index (χ3v) is 4.33. The first kappa shape index (κ1) is 18.8. The largest absolute Gasteiger partial charge is 0.495 e. The summed E-state index contributed by atoms with van der Waals surface area (Å²) in [5.74, 6) is -0.343. The first-order chi connectivity index (χ1) is 11.8. The van der Waals surface area contributed by atoms with Crippen molar-refractivity contribution in [3.8, 4) is 5.75 Å². The van der Waals surface area contributed by atoms with E-state index in [1.165, 1.54) is 7.11 Å². The molecule has 0 spiro atoms. The average Bonchev–Trinajstić information content (AvgIpc) is 2.58. The molecule has 6 heteroatoms. The van der Waals surface area contributed by atoms with Crippen molar-refractivity contribution in [1.82, 2.24) is 0 Å². The number of para-hydroxylation sites is 2. The number of aryl methyl sites for hydroxylation is 1. The normalized spacial score (nSPS) is 10.9. The van der Waals surface area contributed by atoms with Crippen molar-refractivity contribution in [3.05, 3.63) is 53.1 Å². The molecular weight excluding hydrogens is 340 g/mol. The van der Waals surface area contributed by atoms with E-state index in [-0.39, 0.29) is 0 Å².